The molecule has 0 bridgehead atoms. The summed E-state index contributed by atoms with van der Waals surface area (Å²) in [5.74, 6) is 0. The van der Waals surface area contributed by atoms with E-state index in [-0.39, 0.29) is 0 Å². The van der Waals surface area contributed by atoms with Crippen LogP contribution in [-0.4, -0.2) is 43.5 Å². The van der Waals surface area contributed by atoms with Gasteiger partial charge in [0.2, 0.25) is 0 Å². The Bertz CT molecular complexity index is 295. The van der Waals surface area contributed by atoms with Gasteiger partial charge in [-0.1, -0.05) is 51.9 Å². The molecule has 0 aromatic rings. The van der Waals surface area contributed by atoms with Gasteiger partial charge in [-0.05, 0) is 47.2 Å². The van der Waals surface area contributed by atoms with Gasteiger partial charge in [0.15, 0.2) is 0 Å². The van der Waals surface area contributed by atoms with Gasteiger partial charge in [-0.3, -0.25) is 0 Å². The fourth-order valence-corrected chi connectivity index (χ4v) is 13.5. The maximum Gasteiger partial charge on any atom is 0.340 e. The maximum absolute atomic E-state index is 6.27. The van der Waals surface area contributed by atoms with Crippen LogP contribution in [0.3, 0.4) is 0 Å². The second kappa shape index (κ2) is 15.2. The summed E-state index contributed by atoms with van der Waals surface area (Å²) in [6.45, 7) is 17.7. The Kier molecular flexibility index (Phi) is 15.4. The van der Waals surface area contributed by atoms with E-state index in [0.717, 1.165) is 6.42 Å². The van der Waals surface area contributed by atoms with Crippen molar-refractivity contribution >= 4 is 17.1 Å². The van der Waals surface area contributed by atoms with Crippen LogP contribution in [0.15, 0.2) is 0 Å². The van der Waals surface area contributed by atoms with Crippen LogP contribution in [0.5, 0.6) is 0 Å². The molecule has 0 fully saturated rings. The Balaban J connectivity index is 5.07. The van der Waals surface area contributed by atoms with Crippen molar-refractivity contribution in [2.45, 2.75) is 104 Å². The highest BCUT2D eigenvalue weighted by Gasteiger charge is 2.55. The quantitative estimate of drug-likeness (QED) is 0.197. The molecule has 0 aliphatic carbocycles. The molecule has 0 saturated heterocycles. The van der Waals surface area contributed by atoms with Gasteiger partial charge in [0.25, 0.3) is 0 Å². The molecule has 0 saturated carbocycles. The highest BCUT2D eigenvalue weighted by molar-refractivity contribution is 6.87. The highest BCUT2D eigenvalue weighted by atomic mass is 28.4. The van der Waals surface area contributed by atoms with Crippen LogP contribution in [0, 0.1) is 0 Å². The lowest BCUT2D eigenvalue weighted by molar-refractivity contribution is 0.152. The first kappa shape index (κ1) is 26.3. The fourth-order valence-electron chi connectivity index (χ4n) is 3.94. The Morgan fingerprint density at radius 3 is 1.23 bits per heavy atom. The first-order valence-corrected chi connectivity index (χ1v) is 15.8. The molecule has 0 radical (unpaired) electrons. The van der Waals surface area contributed by atoms with Crippen molar-refractivity contribution in [3.63, 3.8) is 0 Å². The average Bonchev–Trinajstić information content (AvgIpc) is 2.58. The summed E-state index contributed by atoms with van der Waals surface area (Å²) >= 11 is 0. The van der Waals surface area contributed by atoms with E-state index in [1.165, 1.54) is 44.9 Å². The average molecular weight is 407 g/mol. The second-order valence-corrected chi connectivity index (χ2v) is 14.4. The van der Waals surface area contributed by atoms with E-state index < -0.39 is 17.1 Å². The fraction of sp³-hybridized carbons (Fsp3) is 1.00. The third-order valence-electron chi connectivity index (χ3n) is 5.09. The van der Waals surface area contributed by atoms with Crippen molar-refractivity contribution in [1.82, 2.24) is 0 Å². The monoisotopic (exact) mass is 406 g/mol. The van der Waals surface area contributed by atoms with Gasteiger partial charge in [0, 0.05) is 31.6 Å². The van der Waals surface area contributed by atoms with Crippen molar-refractivity contribution in [1.29, 1.82) is 0 Å². The molecule has 0 aromatic heterocycles. The topological polar surface area (TPSA) is 36.9 Å². The van der Waals surface area contributed by atoms with Crippen molar-refractivity contribution in [3.05, 3.63) is 0 Å². The number of hydrogen-bond acceptors (Lipinski definition) is 4. The lowest BCUT2D eigenvalue weighted by Gasteiger charge is -2.42. The normalized spacial score (nSPS) is 12.9. The lowest BCUT2D eigenvalue weighted by atomic mass is 10.1. The van der Waals surface area contributed by atoms with E-state index >= 15 is 0 Å². The van der Waals surface area contributed by atoms with E-state index in [9.17, 15) is 0 Å². The van der Waals surface area contributed by atoms with Crippen molar-refractivity contribution in [3.8, 4) is 0 Å². The molecule has 0 spiro atoms. The molecule has 0 heterocycles. The third-order valence-corrected chi connectivity index (χ3v) is 14.8. The molecule has 0 amide bonds. The van der Waals surface area contributed by atoms with Gasteiger partial charge in [0.05, 0.1) is 0 Å². The summed E-state index contributed by atoms with van der Waals surface area (Å²) in [4.78, 5) is 0. The van der Waals surface area contributed by atoms with Crippen LogP contribution in [0.4, 0.5) is 0 Å². The summed E-state index contributed by atoms with van der Waals surface area (Å²) < 4.78 is 25.1. The molecule has 26 heavy (non-hydrogen) atoms. The molecule has 4 nitrogen and oxygen atoms in total. The largest absolute Gasteiger partial charge is 0.395 e. The summed E-state index contributed by atoms with van der Waals surface area (Å²) in [5.41, 5.74) is 0. The number of hydrogen-bond donors (Lipinski definition) is 0. The van der Waals surface area contributed by atoms with E-state index in [1.807, 2.05) is 0 Å². The minimum Gasteiger partial charge on any atom is -0.395 e. The maximum atomic E-state index is 6.27. The Labute approximate surface area is 165 Å². The summed E-state index contributed by atoms with van der Waals surface area (Å²) in [5, 5.41) is 0.297. The van der Waals surface area contributed by atoms with Crippen LogP contribution in [0.25, 0.3) is 0 Å². The van der Waals surface area contributed by atoms with E-state index in [4.69, 9.17) is 17.7 Å². The van der Waals surface area contributed by atoms with Gasteiger partial charge in [-0.25, -0.2) is 0 Å². The third kappa shape index (κ3) is 9.46. The molecule has 0 atom stereocenters. The first-order valence-electron chi connectivity index (χ1n) is 11.0. The molecule has 0 N–H and O–H groups in total. The SMILES string of the molecule is CCCCCCCCCC([Si](C)(OCC)OCC)[Si](C)(OCC)OCC. The van der Waals surface area contributed by atoms with Gasteiger partial charge in [-0.15, -0.1) is 0 Å². The first-order chi connectivity index (χ1) is 12.4. The van der Waals surface area contributed by atoms with Crippen LogP contribution < -0.4 is 0 Å². The minimum absolute atomic E-state index is 0.297. The molecule has 0 aromatic carbocycles. The van der Waals surface area contributed by atoms with Crippen molar-refractivity contribution in [2.75, 3.05) is 26.4 Å². The molecule has 0 aliphatic heterocycles. The second-order valence-electron chi connectivity index (χ2n) is 7.23. The standard InChI is InChI=1S/C20H46O4Si2/c1-8-13-14-15-16-17-18-19-20(25(6,21-9-2)22-10-3)26(7,23-11-4)24-12-5/h20H,8-19H2,1-7H3. The predicted molar refractivity (Wildman–Crippen MR) is 116 cm³/mol. The molecule has 0 unspecified atom stereocenters. The predicted octanol–water partition coefficient (Wildman–Crippen LogP) is 6.33. The molecular weight excluding hydrogens is 360 g/mol. The number of rotatable bonds is 18. The van der Waals surface area contributed by atoms with Crippen molar-refractivity contribution < 1.29 is 17.7 Å². The Morgan fingerprint density at radius 2 is 0.885 bits per heavy atom. The van der Waals surface area contributed by atoms with Gasteiger partial charge >= 0.3 is 17.1 Å². The van der Waals surface area contributed by atoms with Crippen LogP contribution >= 0.6 is 0 Å². The molecular formula is C20H46O4Si2. The van der Waals surface area contributed by atoms with Crippen molar-refractivity contribution in [2.24, 2.45) is 0 Å². The summed E-state index contributed by atoms with van der Waals surface area (Å²) in [6.07, 6.45) is 10.3. The van der Waals surface area contributed by atoms with Gasteiger partial charge < -0.3 is 17.7 Å². The smallest absolute Gasteiger partial charge is 0.340 e. The Hall–Kier alpha value is 0.274. The molecule has 0 aliphatic rings. The molecule has 158 valence electrons. The van der Waals surface area contributed by atoms with E-state index in [0.29, 0.717) is 31.6 Å². The highest BCUT2D eigenvalue weighted by Crippen LogP contribution is 2.39. The zero-order valence-electron chi connectivity index (χ0n) is 18.7. The van der Waals surface area contributed by atoms with E-state index in [2.05, 4.69) is 47.7 Å². The lowest BCUT2D eigenvalue weighted by Crippen LogP contribution is -2.58. The van der Waals surface area contributed by atoms with Gasteiger partial charge in [0.1, 0.15) is 0 Å². The zero-order chi connectivity index (χ0) is 19.9. The van der Waals surface area contributed by atoms with Crippen LogP contribution in [0.1, 0.15) is 86.0 Å². The molecule has 6 heteroatoms. The van der Waals surface area contributed by atoms with E-state index in [1.54, 1.807) is 0 Å². The Morgan fingerprint density at radius 1 is 0.538 bits per heavy atom. The minimum atomic E-state index is -2.36. The van der Waals surface area contributed by atoms with Crippen LogP contribution in [0.2, 0.25) is 18.3 Å². The van der Waals surface area contributed by atoms with Gasteiger partial charge in [-0.2, -0.15) is 0 Å². The summed E-state index contributed by atoms with van der Waals surface area (Å²) in [6, 6.07) is 0. The molecule has 0 rings (SSSR count). The summed E-state index contributed by atoms with van der Waals surface area (Å²) in [7, 11) is -4.72. The number of unbranched alkanes of at least 4 members (excludes halogenated alkanes) is 6. The van der Waals surface area contributed by atoms with Crippen LogP contribution in [-0.2, 0) is 17.7 Å². The zero-order valence-corrected chi connectivity index (χ0v) is 20.7.